The minimum atomic E-state index is -3.55. The summed E-state index contributed by atoms with van der Waals surface area (Å²) in [7, 11) is -3.55. The molecule has 8 heteroatoms. The van der Waals surface area contributed by atoms with Crippen LogP contribution >= 0.6 is 0 Å². The molecule has 152 valence electrons. The van der Waals surface area contributed by atoms with Crippen molar-refractivity contribution in [2.75, 3.05) is 31.1 Å². The van der Waals surface area contributed by atoms with Crippen molar-refractivity contribution in [1.29, 1.82) is 0 Å². The first kappa shape index (κ1) is 20.5. The summed E-state index contributed by atoms with van der Waals surface area (Å²) in [5.74, 6) is 1.80. The fraction of sp³-hybridized carbons (Fsp3) is 0.500. The molecule has 0 saturated carbocycles. The Hall–Kier alpha value is -2.19. The fourth-order valence-electron chi connectivity index (χ4n) is 3.54. The van der Waals surface area contributed by atoms with Gasteiger partial charge in [0.2, 0.25) is 16.0 Å². The molecule has 1 aromatic heterocycles. The van der Waals surface area contributed by atoms with Crippen molar-refractivity contribution in [3.8, 4) is 5.75 Å². The van der Waals surface area contributed by atoms with E-state index in [-0.39, 0.29) is 0 Å². The van der Waals surface area contributed by atoms with Gasteiger partial charge in [0.05, 0.1) is 11.5 Å². The predicted molar refractivity (Wildman–Crippen MR) is 109 cm³/mol. The second kappa shape index (κ2) is 8.87. The van der Waals surface area contributed by atoms with Crippen molar-refractivity contribution < 1.29 is 13.2 Å². The van der Waals surface area contributed by atoms with Crippen molar-refractivity contribution >= 4 is 16.0 Å². The number of anilines is 1. The van der Waals surface area contributed by atoms with Crippen LogP contribution in [0, 0.1) is 19.8 Å². The topological polar surface area (TPSA) is 84.4 Å². The molecular weight excluding hydrogens is 376 g/mol. The van der Waals surface area contributed by atoms with Crippen LogP contribution in [0.15, 0.2) is 35.5 Å². The van der Waals surface area contributed by atoms with Crippen LogP contribution in [0.25, 0.3) is 0 Å². The first-order chi connectivity index (χ1) is 13.4. The number of hydrogen-bond acceptors (Lipinski definition) is 6. The summed E-state index contributed by atoms with van der Waals surface area (Å²) in [6.07, 6.45) is 5.29. The van der Waals surface area contributed by atoms with E-state index < -0.39 is 10.0 Å². The summed E-state index contributed by atoms with van der Waals surface area (Å²) < 4.78 is 33.9. The molecule has 28 heavy (non-hydrogen) atoms. The van der Waals surface area contributed by atoms with Gasteiger partial charge in [0.25, 0.3) is 0 Å². The molecule has 0 bridgehead atoms. The molecule has 0 unspecified atom stereocenters. The Bertz CT molecular complexity index is 872. The zero-order valence-corrected chi connectivity index (χ0v) is 17.5. The van der Waals surface area contributed by atoms with Crippen LogP contribution in [0.4, 0.5) is 5.95 Å². The lowest BCUT2D eigenvalue weighted by Crippen LogP contribution is -2.39. The maximum absolute atomic E-state index is 12.8. The largest absolute Gasteiger partial charge is 0.493 e. The molecule has 1 aromatic carbocycles. The van der Waals surface area contributed by atoms with Gasteiger partial charge < -0.3 is 9.64 Å². The number of piperidine rings is 1. The molecule has 1 fully saturated rings. The number of rotatable bonds is 7. The van der Waals surface area contributed by atoms with Crippen LogP contribution < -0.4 is 14.4 Å². The number of sulfonamides is 1. The highest BCUT2D eigenvalue weighted by Gasteiger charge is 2.23. The molecular formula is C20H28N4O3S. The second-order valence-corrected chi connectivity index (χ2v) is 8.92. The number of benzene rings is 1. The zero-order valence-electron chi connectivity index (χ0n) is 16.7. The standard InChI is InChI=1S/C20H28N4O3S/c1-4-27-19-15(2)12-18(13-16(19)3)28(25,26)23-14-17-6-10-24(11-7-17)20-21-8-5-9-22-20/h5,8-9,12-13,17,23H,4,6-7,10-11,14H2,1-3H3. The van der Waals surface area contributed by atoms with Gasteiger partial charge in [-0.1, -0.05) is 0 Å². The highest BCUT2D eigenvalue weighted by molar-refractivity contribution is 7.89. The van der Waals surface area contributed by atoms with E-state index in [0.29, 0.717) is 24.0 Å². The Kier molecular flexibility index (Phi) is 6.51. The number of nitrogens with zero attached hydrogens (tertiary/aromatic N) is 3. The molecule has 7 nitrogen and oxygen atoms in total. The third-order valence-corrected chi connectivity index (χ3v) is 6.45. The molecule has 2 heterocycles. The highest BCUT2D eigenvalue weighted by Crippen LogP contribution is 2.27. The fourth-order valence-corrected chi connectivity index (χ4v) is 4.83. The van der Waals surface area contributed by atoms with Crippen LogP contribution in [0.3, 0.4) is 0 Å². The summed E-state index contributed by atoms with van der Waals surface area (Å²) in [5.41, 5.74) is 1.66. The van der Waals surface area contributed by atoms with Gasteiger partial charge in [-0.25, -0.2) is 23.1 Å². The van der Waals surface area contributed by atoms with Gasteiger partial charge in [0.15, 0.2) is 0 Å². The minimum Gasteiger partial charge on any atom is -0.493 e. The first-order valence-electron chi connectivity index (χ1n) is 9.66. The molecule has 2 aromatic rings. The van der Waals surface area contributed by atoms with Crippen LogP contribution in [-0.2, 0) is 10.0 Å². The Morgan fingerprint density at radius 3 is 2.32 bits per heavy atom. The van der Waals surface area contributed by atoms with E-state index in [2.05, 4.69) is 19.6 Å². The summed E-state index contributed by atoms with van der Waals surface area (Å²) in [5, 5.41) is 0. The quantitative estimate of drug-likeness (QED) is 0.764. The number of aryl methyl sites for hydroxylation is 2. The summed E-state index contributed by atoms with van der Waals surface area (Å²) >= 11 is 0. The van der Waals surface area contributed by atoms with E-state index >= 15 is 0 Å². The van der Waals surface area contributed by atoms with E-state index in [1.54, 1.807) is 30.6 Å². The molecule has 0 aliphatic carbocycles. The van der Waals surface area contributed by atoms with E-state index in [1.807, 2.05) is 20.8 Å². The third kappa shape index (κ3) is 4.80. The Balaban J connectivity index is 1.59. The summed E-state index contributed by atoms with van der Waals surface area (Å²) in [6.45, 7) is 8.32. The monoisotopic (exact) mass is 404 g/mol. The van der Waals surface area contributed by atoms with Gasteiger partial charge in [-0.3, -0.25) is 0 Å². The predicted octanol–water partition coefficient (Wildman–Crippen LogP) is 2.69. The summed E-state index contributed by atoms with van der Waals surface area (Å²) in [4.78, 5) is 11.0. The molecule has 3 rings (SSSR count). The molecule has 0 radical (unpaired) electrons. The average Bonchev–Trinajstić information content (AvgIpc) is 2.70. The van der Waals surface area contributed by atoms with Crippen molar-refractivity contribution in [2.24, 2.45) is 5.92 Å². The maximum atomic E-state index is 12.8. The SMILES string of the molecule is CCOc1c(C)cc(S(=O)(=O)NCC2CCN(c3ncccn3)CC2)cc1C. The summed E-state index contributed by atoms with van der Waals surface area (Å²) in [6, 6.07) is 5.15. The van der Waals surface area contributed by atoms with E-state index in [9.17, 15) is 8.42 Å². The lowest BCUT2D eigenvalue weighted by Gasteiger charge is -2.31. The van der Waals surface area contributed by atoms with Crippen molar-refractivity contribution in [2.45, 2.75) is 38.5 Å². The van der Waals surface area contributed by atoms with E-state index in [4.69, 9.17) is 4.74 Å². The van der Waals surface area contributed by atoms with Crippen molar-refractivity contribution in [1.82, 2.24) is 14.7 Å². The van der Waals surface area contributed by atoms with Gasteiger partial charge in [0.1, 0.15) is 5.75 Å². The van der Waals surface area contributed by atoms with Crippen molar-refractivity contribution in [3.63, 3.8) is 0 Å². The molecule has 1 aliphatic heterocycles. The Morgan fingerprint density at radius 1 is 1.14 bits per heavy atom. The van der Waals surface area contributed by atoms with Gasteiger partial charge in [-0.05, 0) is 68.9 Å². The second-order valence-electron chi connectivity index (χ2n) is 7.15. The van der Waals surface area contributed by atoms with Gasteiger partial charge >= 0.3 is 0 Å². The molecule has 0 amide bonds. The Morgan fingerprint density at radius 2 is 1.75 bits per heavy atom. The van der Waals surface area contributed by atoms with Crippen LogP contribution in [0.1, 0.15) is 30.9 Å². The number of aromatic nitrogens is 2. The van der Waals surface area contributed by atoms with Crippen LogP contribution in [-0.4, -0.2) is 44.6 Å². The maximum Gasteiger partial charge on any atom is 0.240 e. The first-order valence-corrected chi connectivity index (χ1v) is 11.1. The molecule has 1 N–H and O–H groups in total. The number of hydrogen-bond donors (Lipinski definition) is 1. The number of ether oxygens (including phenoxy) is 1. The van der Waals surface area contributed by atoms with E-state index in [0.717, 1.165) is 48.8 Å². The Labute approximate surface area is 167 Å². The van der Waals surface area contributed by atoms with Crippen molar-refractivity contribution in [3.05, 3.63) is 41.7 Å². The lowest BCUT2D eigenvalue weighted by atomic mass is 9.97. The zero-order chi connectivity index (χ0) is 20.1. The molecule has 1 aliphatic rings. The lowest BCUT2D eigenvalue weighted by molar-refractivity contribution is 0.335. The minimum absolute atomic E-state index is 0.293. The normalized spacial score (nSPS) is 15.6. The van der Waals surface area contributed by atoms with E-state index in [1.165, 1.54) is 0 Å². The average molecular weight is 405 g/mol. The smallest absolute Gasteiger partial charge is 0.240 e. The molecule has 1 saturated heterocycles. The van der Waals surface area contributed by atoms with Crippen LogP contribution in [0.5, 0.6) is 5.75 Å². The van der Waals surface area contributed by atoms with Gasteiger partial charge in [0, 0.05) is 32.0 Å². The van der Waals surface area contributed by atoms with Crippen LogP contribution in [0.2, 0.25) is 0 Å². The van der Waals surface area contributed by atoms with Gasteiger partial charge in [-0.15, -0.1) is 0 Å². The highest BCUT2D eigenvalue weighted by atomic mass is 32.2. The number of nitrogens with one attached hydrogen (secondary N) is 1. The van der Waals surface area contributed by atoms with Gasteiger partial charge in [-0.2, -0.15) is 0 Å². The molecule has 0 spiro atoms. The third-order valence-electron chi connectivity index (χ3n) is 5.04. The molecule has 0 atom stereocenters.